The Bertz CT molecular complexity index is 722. The van der Waals surface area contributed by atoms with Gasteiger partial charge < -0.3 is 0 Å². The van der Waals surface area contributed by atoms with Crippen molar-refractivity contribution < 1.29 is 4.74 Å². The van der Waals surface area contributed by atoms with Crippen molar-refractivity contribution in [1.29, 1.82) is 0 Å². The molecule has 0 radical (unpaired) electrons. The van der Waals surface area contributed by atoms with E-state index >= 15 is 0 Å². The minimum absolute atomic E-state index is 0.655. The summed E-state index contributed by atoms with van der Waals surface area (Å²) in [6, 6.07) is 13.7. The molecule has 1 aliphatic heterocycles. The Labute approximate surface area is 119 Å². The number of ether oxygens (including phenoxy) is 1. The summed E-state index contributed by atoms with van der Waals surface area (Å²) in [6.07, 6.45) is 0. The maximum atomic E-state index is 5.89. The van der Waals surface area contributed by atoms with Crippen LogP contribution in [0.5, 0.6) is 0 Å². The maximum absolute atomic E-state index is 5.89. The Morgan fingerprint density at radius 3 is 2.75 bits per heavy atom. The second-order valence-electron chi connectivity index (χ2n) is 4.68. The van der Waals surface area contributed by atoms with Crippen LogP contribution < -0.4 is 16.5 Å². The molecule has 0 spiro atoms. The van der Waals surface area contributed by atoms with Gasteiger partial charge in [0, 0.05) is 0 Å². The number of fused-ring (bicyclic) bond motifs is 1. The summed E-state index contributed by atoms with van der Waals surface area (Å²) in [5.74, 6) is 0.655. The fourth-order valence-corrected chi connectivity index (χ4v) is 2.35. The average Bonchev–Trinajstić information content (AvgIpc) is 2.47. The summed E-state index contributed by atoms with van der Waals surface area (Å²) in [7, 11) is 1.88. The first-order valence-electron chi connectivity index (χ1n) is 6.44. The number of anilines is 2. The average molecular weight is 262 g/mol. The van der Waals surface area contributed by atoms with Gasteiger partial charge in [0.1, 0.15) is 0 Å². The van der Waals surface area contributed by atoms with Crippen molar-refractivity contribution in [1.82, 2.24) is 0 Å². The van der Waals surface area contributed by atoms with Crippen LogP contribution >= 0.6 is 0 Å². The molecule has 0 aromatic heterocycles. The summed E-state index contributed by atoms with van der Waals surface area (Å²) in [5, 5.41) is 3.15. The predicted molar refractivity (Wildman–Crippen MR) is 86.5 cm³/mol. The molecular weight excluding hydrogens is 247 g/mol. The Morgan fingerprint density at radius 2 is 1.95 bits per heavy atom. The second-order valence-corrected chi connectivity index (χ2v) is 4.68. The van der Waals surface area contributed by atoms with Crippen molar-refractivity contribution in [3.63, 3.8) is 0 Å². The Kier molecular flexibility index (Phi) is 3.07. The SMILES string of the molecule is C=C1OC(c2cc(N)ccc2NC)=Bc2ccccc21. The van der Waals surface area contributed by atoms with Crippen LogP contribution in [0.3, 0.4) is 0 Å². The first-order valence-corrected chi connectivity index (χ1v) is 6.44. The van der Waals surface area contributed by atoms with E-state index in [1.165, 1.54) is 0 Å². The summed E-state index contributed by atoms with van der Waals surface area (Å²) in [6.45, 7) is 6.01. The van der Waals surface area contributed by atoms with Crippen LogP contribution in [0.1, 0.15) is 11.1 Å². The molecule has 0 fully saturated rings. The molecule has 1 aliphatic rings. The molecule has 0 bridgehead atoms. The summed E-state index contributed by atoms with van der Waals surface area (Å²) < 4.78 is 5.87. The van der Waals surface area contributed by atoms with Crippen molar-refractivity contribution in [3.05, 3.63) is 60.2 Å². The predicted octanol–water partition coefficient (Wildman–Crippen LogP) is 1.82. The van der Waals surface area contributed by atoms with E-state index in [0.717, 1.165) is 27.9 Å². The number of nitrogens with two attached hydrogens (primary N) is 1. The number of nitrogen functional groups attached to an aromatic ring is 1. The van der Waals surface area contributed by atoms with Crippen LogP contribution in [-0.2, 0) is 4.74 Å². The van der Waals surface area contributed by atoms with Crippen LogP contribution in [0.4, 0.5) is 11.4 Å². The van der Waals surface area contributed by atoms with Gasteiger partial charge in [-0.2, -0.15) is 0 Å². The Morgan fingerprint density at radius 1 is 1.15 bits per heavy atom. The third kappa shape index (κ3) is 2.09. The summed E-state index contributed by atoms with van der Waals surface area (Å²) >= 11 is 0. The van der Waals surface area contributed by atoms with Gasteiger partial charge in [0.05, 0.1) is 0 Å². The van der Waals surface area contributed by atoms with Gasteiger partial charge in [-0.15, -0.1) is 0 Å². The van der Waals surface area contributed by atoms with Crippen LogP contribution in [0.25, 0.3) is 5.76 Å². The molecule has 0 unspecified atom stereocenters. The quantitative estimate of drug-likeness (QED) is 0.641. The van der Waals surface area contributed by atoms with E-state index in [1.54, 1.807) is 0 Å². The third-order valence-corrected chi connectivity index (χ3v) is 3.36. The van der Waals surface area contributed by atoms with Crippen molar-refractivity contribution in [2.24, 2.45) is 0 Å². The van der Waals surface area contributed by atoms with E-state index in [4.69, 9.17) is 10.5 Å². The molecule has 1 heterocycles. The number of hydrogen-bond donors (Lipinski definition) is 2. The Hall–Kier alpha value is -2.49. The van der Waals surface area contributed by atoms with Crippen molar-refractivity contribution in [3.8, 4) is 0 Å². The molecule has 0 saturated heterocycles. The van der Waals surface area contributed by atoms with Crippen LogP contribution in [0.2, 0.25) is 0 Å². The molecule has 20 heavy (non-hydrogen) atoms. The van der Waals surface area contributed by atoms with Gasteiger partial charge in [0.15, 0.2) is 0 Å². The number of rotatable bonds is 2. The van der Waals surface area contributed by atoms with Gasteiger partial charge in [0.25, 0.3) is 0 Å². The summed E-state index contributed by atoms with van der Waals surface area (Å²) in [4.78, 5) is 0. The number of hydrogen-bond acceptors (Lipinski definition) is 3. The standard InChI is InChI=1S/C16H15BN2O/c1-10-12-5-3-4-6-14(12)17-16(20-10)13-9-11(18)7-8-15(13)19-2/h3-9,19H,1,18H2,2H3. The first-order chi connectivity index (χ1) is 9.69. The van der Waals surface area contributed by atoms with E-state index in [2.05, 4.69) is 11.9 Å². The molecule has 2 aromatic rings. The zero-order chi connectivity index (χ0) is 14.1. The van der Waals surface area contributed by atoms with Gasteiger partial charge in [-0.05, 0) is 0 Å². The van der Waals surface area contributed by atoms with Crippen LogP contribution in [0, 0.1) is 0 Å². The fraction of sp³-hybridized carbons (Fsp3) is 0.0625. The Balaban J connectivity index is 2.15. The van der Waals surface area contributed by atoms with E-state index in [0.29, 0.717) is 11.4 Å². The molecular formula is C16H15BN2O. The second kappa shape index (κ2) is 4.89. The van der Waals surface area contributed by atoms with Gasteiger partial charge >= 0.3 is 118 Å². The molecule has 4 heteroatoms. The number of nitrogens with one attached hydrogen (secondary N) is 1. The minimum atomic E-state index is 0.655. The molecule has 3 rings (SSSR count). The zero-order valence-corrected chi connectivity index (χ0v) is 11.3. The van der Waals surface area contributed by atoms with E-state index in [9.17, 15) is 0 Å². The zero-order valence-electron chi connectivity index (χ0n) is 11.3. The van der Waals surface area contributed by atoms with Gasteiger partial charge in [-0.1, -0.05) is 0 Å². The molecule has 0 atom stereocenters. The van der Waals surface area contributed by atoms with E-state index in [1.807, 2.05) is 56.4 Å². The van der Waals surface area contributed by atoms with Crippen LogP contribution in [-0.4, -0.2) is 19.6 Å². The molecule has 0 aliphatic carbocycles. The van der Waals surface area contributed by atoms with Gasteiger partial charge in [0.2, 0.25) is 0 Å². The molecule has 2 aromatic carbocycles. The molecule has 0 amide bonds. The van der Waals surface area contributed by atoms with E-state index < -0.39 is 0 Å². The fourth-order valence-electron chi connectivity index (χ4n) is 2.35. The molecule has 98 valence electrons. The van der Waals surface area contributed by atoms with Crippen molar-refractivity contribution >= 4 is 35.2 Å². The topological polar surface area (TPSA) is 47.3 Å². The van der Waals surface area contributed by atoms with Crippen molar-refractivity contribution in [2.45, 2.75) is 0 Å². The van der Waals surface area contributed by atoms with Crippen LogP contribution in [0.15, 0.2) is 49.0 Å². The number of benzene rings is 2. The monoisotopic (exact) mass is 262 g/mol. The first kappa shape index (κ1) is 12.5. The normalized spacial score (nSPS) is 12.8. The summed E-state index contributed by atoms with van der Waals surface area (Å²) in [5.41, 5.74) is 11.4. The molecule has 3 nitrogen and oxygen atoms in total. The molecule has 3 N–H and O–H groups in total. The van der Waals surface area contributed by atoms with Crippen molar-refractivity contribution in [2.75, 3.05) is 18.1 Å². The van der Waals surface area contributed by atoms with Gasteiger partial charge in [-0.25, -0.2) is 0 Å². The third-order valence-electron chi connectivity index (χ3n) is 3.36. The molecule has 0 saturated carbocycles. The van der Waals surface area contributed by atoms with Gasteiger partial charge in [-0.3, -0.25) is 0 Å². The van der Waals surface area contributed by atoms with E-state index in [-0.39, 0.29) is 0 Å².